The Morgan fingerprint density at radius 3 is 2.45 bits per heavy atom. The first kappa shape index (κ1) is 23.5. The number of aliphatic carboxylic acids is 1. The fourth-order valence-corrected chi connectivity index (χ4v) is 5.16. The highest BCUT2D eigenvalue weighted by Gasteiger charge is 2.39. The van der Waals surface area contributed by atoms with Crippen LogP contribution in [0.25, 0.3) is 0 Å². The number of hydrogen-bond donors (Lipinski definition) is 2. The highest BCUT2D eigenvalue weighted by molar-refractivity contribution is 6.31. The monoisotopic (exact) mass is 471 g/mol. The Balaban J connectivity index is 1.45. The molecular weight excluding hydrogens is 442 g/mol. The molecule has 0 spiro atoms. The molecule has 2 N–H and O–H groups in total. The molecule has 2 saturated heterocycles. The molecule has 7 nitrogen and oxygen atoms in total. The highest BCUT2D eigenvalue weighted by atomic mass is 35.5. The van der Waals surface area contributed by atoms with Crippen molar-refractivity contribution in [1.82, 2.24) is 15.1 Å². The average molecular weight is 472 g/mol. The van der Waals surface area contributed by atoms with Crippen LogP contribution in [0.2, 0.25) is 5.02 Å². The number of likely N-dealkylation sites (tertiary alicyclic amines) is 1. The number of amides is 1. The van der Waals surface area contributed by atoms with E-state index in [1.165, 1.54) is 5.56 Å². The molecule has 0 saturated carbocycles. The van der Waals surface area contributed by atoms with Gasteiger partial charge in [0.15, 0.2) is 0 Å². The van der Waals surface area contributed by atoms with Gasteiger partial charge in [-0.25, -0.2) is 0 Å². The van der Waals surface area contributed by atoms with E-state index in [0.717, 1.165) is 12.8 Å². The predicted octanol–water partition coefficient (Wildman–Crippen LogP) is 3.23. The number of hydrogen-bond acceptors (Lipinski definition) is 5. The first-order chi connectivity index (χ1) is 15.8. The Kier molecular flexibility index (Phi) is 6.93. The molecule has 2 aromatic carbocycles. The van der Waals surface area contributed by atoms with E-state index < -0.39 is 12.0 Å². The second kappa shape index (κ2) is 9.71. The number of carbonyl (C=O) groups excluding carboxylic acids is 1. The number of ether oxygens (including phenoxy) is 1. The molecule has 2 aliphatic rings. The molecule has 0 unspecified atom stereocenters. The number of piperidine rings is 1. The minimum absolute atomic E-state index is 0.0734. The van der Waals surface area contributed by atoms with Crippen molar-refractivity contribution in [3.8, 4) is 5.75 Å². The Labute approximate surface area is 199 Å². The lowest BCUT2D eigenvalue weighted by Crippen LogP contribution is -2.51. The number of carboxylic acids is 1. The van der Waals surface area contributed by atoms with Crippen molar-refractivity contribution in [2.75, 3.05) is 33.7 Å². The summed E-state index contributed by atoms with van der Waals surface area (Å²) in [7, 11) is 4.19. The van der Waals surface area contributed by atoms with E-state index in [1.54, 1.807) is 18.2 Å². The third-order valence-electron chi connectivity index (χ3n) is 6.85. The van der Waals surface area contributed by atoms with Crippen LogP contribution in [0.5, 0.6) is 5.75 Å². The number of nitrogens with one attached hydrogen (secondary N) is 1. The van der Waals surface area contributed by atoms with Crippen LogP contribution in [0.4, 0.5) is 0 Å². The second-order valence-electron chi connectivity index (χ2n) is 9.03. The second-order valence-corrected chi connectivity index (χ2v) is 9.47. The zero-order valence-electron chi connectivity index (χ0n) is 19.0. The lowest BCUT2D eigenvalue weighted by Gasteiger charge is -2.46. The number of benzene rings is 2. The summed E-state index contributed by atoms with van der Waals surface area (Å²) in [4.78, 5) is 28.6. The molecule has 1 amide bonds. The minimum atomic E-state index is -0.891. The van der Waals surface area contributed by atoms with E-state index in [4.69, 9.17) is 21.4 Å². The third-order valence-corrected chi connectivity index (χ3v) is 7.07. The summed E-state index contributed by atoms with van der Waals surface area (Å²) in [6.45, 7) is 1.72. The largest absolute Gasteiger partial charge is 0.489 e. The molecule has 0 aliphatic carbocycles. The zero-order valence-corrected chi connectivity index (χ0v) is 19.7. The molecular formula is C25H30ClN3O4. The number of carbonyl (C=O) groups is 2. The van der Waals surface area contributed by atoms with Crippen LogP contribution >= 0.6 is 11.6 Å². The maximum atomic E-state index is 13.3. The molecule has 0 bridgehead atoms. The van der Waals surface area contributed by atoms with Gasteiger partial charge in [0.25, 0.3) is 5.91 Å². The van der Waals surface area contributed by atoms with Gasteiger partial charge in [-0.2, -0.15) is 0 Å². The molecule has 0 radical (unpaired) electrons. The molecule has 8 heteroatoms. The van der Waals surface area contributed by atoms with Gasteiger partial charge in [-0.1, -0.05) is 41.9 Å². The molecule has 2 heterocycles. The van der Waals surface area contributed by atoms with Crippen molar-refractivity contribution in [3.05, 3.63) is 64.7 Å². The molecule has 0 aromatic heterocycles. The van der Waals surface area contributed by atoms with Crippen molar-refractivity contribution < 1.29 is 19.4 Å². The summed E-state index contributed by atoms with van der Waals surface area (Å²) < 4.78 is 5.95. The van der Waals surface area contributed by atoms with Crippen LogP contribution in [0.3, 0.4) is 0 Å². The number of nitrogens with zero attached hydrogens (tertiary/aromatic N) is 2. The topological polar surface area (TPSA) is 82.1 Å². The summed E-state index contributed by atoms with van der Waals surface area (Å²) in [6, 6.07) is 14.9. The Hall–Kier alpha value is -2.61. The third kappa shape index (κ3) is 5.00. The van der Waals surface area contributed by atoms with Crippen LogP contribution < -0.4 is 10.1 Å². The Morgan fingerprint density at radius 1 is 1.15 bits per heavy atom. The molecule has 176 valence electrons. The summed E-state index contributed by atoms with van der Waals surface area (Å²) >= 11 is 6.30. The average Bonchev–Trinajstić information content (AvgIpc) is 3.27. The standard InChI is InChI=1S/C25H30ClN3O4/c1-28(2)25(18-6-4-3-5-7-18)8-10-29(11-9-25)23(30)17-12-19(26)14-20(13-17)33-21-15-22(24(31)32)27-16-21/h3-7,12-14,21-22,27H,8-11,15-16H2,1-2H3,(H,31,32)/t21-,22-/m0/s1. The van der Waals surface area contributed by atoms with Gasteiger partial charge in [-0.15, -0.1) is 0 Å². The lowest BCUT2D eigenvalue weighted by atomic mass is 9.79. The summed E-state index contributed by atoms with van der Waals surface area (Å²) in [5.74, 6) is -0.485. The fourth-order valence-electron chi connectivity index (χ4n) is 4.93. The van der Waals surface area contributed by atoms with E-state index in [2.05, 4.69) is 48.6 Å². The van der Waals surface area contributed by atoms with Crippen LogP contribution in [-0.2, 0) is 10.3 Å². The minimum Gasteiger partial charge on any atom is -0.489 e. The smallest absolute Gasteiger partial charge is 0.320 e. The first-order valence-electron chi connectivity index (χ1n) is 11.2. The summed E-state index contributed by atoms with van der Waals surface area (Å²) in [5.41, 5.74) is 1.65. The van der Waals surface area contributed by atoms with Gasteiger partial charge in [0.05, 0.1) is 0 Å². The molecule has 2 atom stereocenters. The summed E-state index contributed by atoms with van der Waals surface area (Å²) in [5, 5.41) is 12.5. The number of carboxylic acid groups (broad SMARTS) is 1. The molecule has 2 fully saturated rings. The zero-order chi connectivity index (χ0) is 23.6. The van der Waals surface area contributed by atoms with Crippen LogP contribution in [-0.4, -0.2) is 72.7 Å². The van der Waals surface area contributed by atoms with Crippen molar-refractivity contribution in [1.29, 1.82) is 0 Å². The van der Waals surface area contributed by atoms with Crippen LogP contribution in [0, 0.1) is 0 Å². The van der Waals surface area contributed by atoms with E-state index >= 15 is 0 Å². The maximum Gasteiger partial charge on any atom is 0.320 e. The summed E-state index contributed by atoms with van der Waals surface area (Å²) in [6.07, 6.45) is 1.76. The van der Waals surface area contributed by atoms with Crippen molar-refractivity contribution in [3.63, 3.8) is 0 Å². The van der Waals surface area contributed by atoms with Gasteiger partial charge in [0.2, 0.25) is 0 Å². The van der Waals surface area contributed by atoms with Gasteiger partial charge < -0.3 is 20.1 Å². The Morgan fingerprint density at radius 2 is 1.85 bits per heavy atom. The van der Waals surface area contributed by atoms with Gasteiger partial charge in [-0.05, 0) is 50.7 Å². The van der Waals surface area contributed by atoms with Crippen LogP contribution in [0.15, 0.2) is 48.5 Å². The normalized spacial score (nSPS) is 22.4. The van der Waals surface area contributed by atoms with Crippen LogP contribution in [0.1, 0.15) is 35.2 Å². The number of halogens is 1. The SMILES string of the molecule is CN(C)C1(c2ccccc2)CCN(C(=O)c2cc(Cl)cc(O[C@@H]3CN[C@H](C(=O)O)C3)c2)CC1. The van der Waals surface area contributed by atoms with E-state index in [0.29, 0.717) is 42.4 Å². The molecule has 33 heavy (non-hydrogen) atoms. The quantitative estimate of drug-likeness (QED) is 0.673. The van der Waals surface area contributed by atoms with Crippen molar-refractivity contribution >= 4 is 23.5 Å². The van der Waals surface area contributed by atoms with Crippen molar-refractivity contribution in [2.45, 2.75) is 36.9 Å². The lowest BCUT2D eigenvalue weighted by molar-refractivity contribution is -0.139. The van der Waals surface area contributed by atoms with Gasteiger partial charge in [-0.3, -0.25) is 14.5 Å². The molecule has 2 aliphatic heterocycles. The van der Waals surface area contributed by atoms with Gasteiger partial charge in [0.1, 0.15) is 17.9 Å². The number of rotatable bonds is 6. The van der Waals surface area contributed by atoms with Gasteiger partial charge >= 0.3 is 5.97 Å². The highest BCUT2D eigenvalue weighted by Crippen LogP contribution is 2.38. The van der Waals surface area contributed by atoms with E-state index in [9.17, 15) is 9.59 Å². The fraction of sp³-hybridized carbons (Fsp3) is 0.440. The maximum absolute atomic E-state index is 13.3. The first-order valence-corrected chi connectivity index (χ1v) is 11.6. The van der Waals surface area contributed by atoms with Crippen molar-refractivity contribution in [2.24, 2.45) is 0 Å². The van der Waals surface area contributed by atoms with Gasteiger partial charge in [0, 0.05) is 42.2 Å². The molecule has 2 aromatic rings. The van der Waals surface area contributed by atoms with E-state index in [-0.39, 0.29) is 17.6 Å². The molecule has 4 rings (SSSR count). The predicted molar refractivity (Wildman–Crippen MR) is 127 cm³/mol. The Bertz CT molecular complexity index is 1010. The van der Waals surface area contributed by atoms with E-state index in [1.807, 2.05) is 11.0 Å².